The number of carbonyl (C=O) groups excluding carboxylic acids is 1. The van der Waals surface area contributed by atoms with Crippen molar-refractivity contribution in [1.29, 1.82) is 0 Å². The summed E-state index contributed by atoms with van der Waals surface area (Å²) in [6, 6.07) is 35.4. The fraction of sp³-hybridized carbons (Fsp3) is 0.226. The summed E-state index contributed by atoms with van der Waals surface area (Å²) in [5, 5.41) is 6.92. The van der Waals surface area contributed by atoms with Crippen LogP contribution < -0.4 is 0 Å². The number of hydrogen-bond acceptors (Lipinski definition) is 4. The standard InChI is InChI=1S/C31H28N2O2/c1-22(23-11-4-2-5-12-23)33-20-19-28(34)31(21-33)29(30(32-35-31)25-14-6-3-7-15-25)27-18-10-16-24-13-8-9-17-26(24)27/h2-18,22,29H,19-21H2,1H3/t22-,29-,31?/m1/s1. The van der Waals surface area contributed by atoms with Crippen LogP contribution in [0.15, 0.2) is 108 Å². The summed E-state index contributed by atoms with van der Waals surface area (Å²) in [5.41, 5.74) is 3.08. The van der Waals surface area contributed by atoms with Gasteiger partial charge in [-0.3, -0.25) is 9.69 Å². The van der Waals surface area contributed by atoms with Crippen molar-refractivity contribution in [2.75, 3.05) is 13.1 Å². The van der Waals surface area contributed by atoms with Crippen LogP contribution in [0.1, 0.15) is 42.0 Å². The number of carbonyl (C=O) groups is 1. The Bertz CT molecular complexity index is 1390. The fourth-order valence-electron chi connectivity index (χ4n) is 5.72. The van der Waals surface area contributed by atoms with E-state index >= 15 is 0 Å². The monoisotopic (exact) mass is 460 g/mol. The predicted octanol–water partition coefficient (Wildman–Crippen LogP) is 6.13. The number of oxime groups is 1. The first kappa shape index (κ1) is 21.8. The van der Waals surface area contributed by atoms with Crippen LogP contribution in [0, 0.1) is 0 Å². The predicted molar refractivity (Wildman–Crippen MR) is 140 cm³/mol. The molecule has 2 aliphatic heterocycles. The van der Waals surface area contributed by atoms with Gasteiger partial charge < -0.3 is 4.84 Å². The zero-order valence-corrected chi connectivity index (χ0v) is 19.8. The van der Waals surface area contributed by atoms with Crippen LogP contribution in [0.25, 0.3) is 10.8 Å². The summed E-state index contributed by atoms with van der Waals surface area (Å²) in [6.45, 7) is 3.41. The van der Waals surface area contributed by atoms with Gasteiger partial charge in [0.1, 0.15) is 0 Å². The summed E-state index contributed by atoms with van der Waals surface area (Å²) < 4.78 is 0. The first-order chi connectivity index (χ1) is 17.2. The van der Waals surface area contributed by atoms with Gasteiger partial charge in [0.25, 0.3) is 0 Å². The Balaban J connectivity index is 1.48. The average molecular weight is 461 g/mol. The Morgan fingerprint density at radius 3 is 2.37 bits per heavy atom. The van der Waals surface area contributed by atoms with Gasteiger partial charge in [0.15, 0.2) is 5.78 Å². The second kappa shape index (κ2) is 8.79. The van der Waals surface area contributed by atoms with Crippen molar-refractivity contribution in [3.8, 4) is 0 Å². The molecule has 174 valence electrons. The Labute approximate surface area is 205 Å². The highest BCUT2D eigenvalue weighted by atomic mass is 16.7. The molecule has 4 aromatic rings. The minimum absolute atomic E-state index is 0.127. The quantitative estimate of drug-likeness (QED) is 0.368. The Kier molecular flexibility index (Phi) is 5.46. The average Bonchev–Trinajstić information content (AvgIpc) is 3.30. The van der Waals surface area contributed by atoms with Crippen LogP contribution >= 0.6 is 0 Å². The minimum atomic E-state index is -1.06. The number of rotatable bonds is 4. The molecule has 4 nitrogen and oxygen atoms in total. The number of piperidine rings is 1. The van der Waals surface area contributed by atoms with Gasteiger partial charge in [-0.2, -0.15) is 0 Å². The maximum absolute atomic E-state index is 13.8. The normalized spacial score (nSPS) is 23.3. The molecule has 0 aliphatic carbocycles. The molecule has 0 saturated carbocycles. The molecule has 1 fully saturated rings. The van der Waals surface area contributed by atoms with Gasteiger partial charge >= 0.3 is 0 Å². The molecular weight excluding hydrogens is 432 g/mol. The SMILES string of the molecule is C[C@H](c1ccccc1)N1CCC(=O)C2(C1)ON=C(c1ccccc1)[C@H]2c1cccc2ccccc12. The van der Waals surface area contributed by atoms with Crippen molar-refractivity contribution in [1.82, 2.24) is 4.90 Å². The first-order valence-corrected chi connectivity index (χ1v) is 12.3. The van der Waals surface area contributed by atoms with Gasteiger partial charge in [0, 0.05) is 31.1 Å². The van der Waals surface area contributed by atoms with Crippen molar-refractivity contribution >= 4 is 22.3 Å². The highest BCUT2D eigenvalue weighted by molar-refractivity contribution is 6.12. The molecule has 2 aliphatic rings. The van der Waals surface area contributed by atoms with E-state index in [1.165, 1.54) is 5.56 Å². The number of nitrogens with zero attached hydrogens (tertiary/aromatic N) is 2. The van der Waals surface area contributed by atoms with Crippen molar-refractivity contribution < 1.29 is 9.63 Å². The lowest BCUT2D eigenvalue weighted by Crippen LogP contribution is -2.58. The lowest BCUT2D eigenvalue weighted by molar-refractivity contribution is -0.153. The molecule has 1 spiro atoms. The maximum atomic E-state index is 13.8. The van der Waals surface area contributed by atoms with E-state index in [9.17, 15) is 4.79 Å². The Hall–Kier alpha value is -3.76. The third kappa shape index (κ3) is 3.65. The smallest absolute Gasteiger partial charge is 0.220 e. The Morgan fingerprint density at radius 1 is 0.886 bits per heavy atom. The van der Waals surface area contributed by atoms with Crippen molar-refractivity contribution in [3.63, 3.8) is 0 Å². The van der Waals surface area contributed by atoms with E-state index in [4.69, 9.17) is 4.84 Å². The van der Waals surface area contributed by atoms with Crippen molar-refractivity contribution in [2.45, 2.75) is 30.9 Å². The Morgan fingerprint density at radius 2 is 1.57 bits per heavy atom. The van der Waals surface area contributed by atoms with E-state index < -0.39 is 5.60 Å². The van der Waals surface area contributed by atoms with E-state index in [1.54, 1.807) is 0 Å². The molecule has 35 heavy (non-hydrogen) atoms. The molecule has 0 bridgehead atoms. The molecule has 1 saturated heterocycles. The van der Waals surface area contributed by atoms with Gasteiger partial charge in [-0.25, -0.2) is 0 Å². The van der Waals surface area contributed by atoms with Crippen LogP contribution in [0.2, 0.25) is 0 Å². The molecule has 0 amide bonds. The number of benzene rings is 4. The molecule has 2 heterocycles. The maximum Gasteiger partial charge on any atom is 0.220 e. The van der Waals surface area contributed by atoms with Crippen molar-refractivity contribution in [3.05, 3.63) is 120 Å². The number of fused-ring (bicyclic) bond motifs is 1. The summed E-state index contributed by atoms with van der Waals surface area (Å²) in [5.74, 6) is -0.170. The third-order valence-electron chi connectivity index (χ3n) is 7.62. The van der Waals surface area contributed by atoms with Gasteiger partial charge in [0.2, 0.25) is 5.60 Å². The minimum Gasteiger partial charge on any atom is -0.378 e. The zero-order chi connectivity index (χ0) is 23.8. The zero-order valence-electron chi connectivity index (χ0n) is 19.8. The first-order valence-electron chi connectivity index (χ1n) is 12.3. The second-order valence-corrected chi connectivity index (χ2v) is 9.56. The van der Waals surface area contributed by atoms with Crippen molar-refractivity contribution in [2.24, 2.45) is 5.16 Å². The van der Waals surface area contributed by atoms with Gasteiger partial charge in [-0.15, -0.1) is 0 Å². The number of Topliss-reactive ketones (excluding diaryl/α,β-unsaturated/α-hetero) is 1. The van der Waals surface area contributed by atoms with E-state index in [-0.39, 0.29) is 17.7 Å². The number of hydrogen-bond donors (Lipinski definition) is 0. The largest absolute Gasteiger partial charge is 0.378 e. The summed E-state index contributed by atoms with van der Waals surface area (Å²) >= 11 is 0. The van der Waals surface area contributed by atoms with Gasteiger partial charge in [-0.05, 0) is 28.8 Å². The van der Waals surface area contributed by atoms with Gasteiger partial charge in [-0.1, -0.05) is 108 Å². The van der Waals surface area contributed by atoms with E-state index in [1.807, 2.05) is 30.3 Å². The molecule has 0 N–H and O–H groups in total. The number of likely N-dealkylation sites (tertiary alicyclic amines) is 1. The summed E-state index contributed by atoms with van der Waals surface area (Å²) in [4.78, 5) is 22.5. The molecule has 0 radical (unpaired) electrons. The summed E-state index contributed by atoms with van der Waals surface area (Å²) in [7, 11) is 0. The lowest BCUT2D eigenvalue weighted by atomic mass is 9.71. The third-order valence-corrected chi connectivity index (χ3v) is 7.62. The van der Waals surface area contributed by atoms with Gasteiger partial charge in [0.05, 0.1) is 11.6 Å². The van der Waals surface area contributed by atoms with Crippen LogP contribution in [0.4, 0.5) is 0 Å². The van der Waals surface area contributed by atoms with Crippen LogP contribution in [-0.2, 0) is 9.63 Å². The van der Waals surface area contributed by atoms with Crippen LogP contribution in [0.3, 0.4) is 0 Å². The molecule has 1 unspecified atom stereocenters. The lowest BCUT2D eigenvalue weighted by Gasteiger charge is -2.43. The molecular formula is C31H28N2O2. The van der Waals surface area contributed by atoms with Crippen LogP contribution in [-0.4, -0.2) is 35.1 Å². The highest BCUT2D eigenvalue weighted by Gasteiger charge is 2.58. The molecule has 6 rings (SSSR count). The molecule has 0 aromatic heterocycles. The molecule has 3 atom stereocenters. The summed E-state index contributed by atoms with van der Waals surface area (Å²) in [6.07, 6.45) is 0.441. The number of ketones is 1. The fourth-order valence-corrected chi connectivity index (χ4v) is 5.72. The van der Waals surface area contributed by atoms with E-state index in [2.05, 4.69) is 89.8 Å². The topological polar surface area (TPSA) is 41.9 Å². The molecule has 4 heteroatoms. The van der Waals surface area contributed by atoms with Crippen LogP contribution in [0.5, 0.6) is 0 Å². The second-order valence-electron chi connectivity index (χ2n) is 9.56. The van der Waals surface area contributed by atoms with E-state index in [0.717, 1.165) is 27.6 Å². The highest BCUT2D eigenvalue weighted by Crippen LogP contribution is 2.46. The van der Waals surface area contributed by atoms with E-state index in [0.29, 0.717) is 19.5 Å². The molecule has 4 aromatic carbocycles.